The van der Waals surface area contributed by atoms with Crippen molar-refractivity contribution >= 4 is 23.7 Å². The fraction of sp³-hybridized carbons (Fsp3) is 0.429. The molecule has 2 aliphatic rings. The minimum absolute atomic E-state index is 0.149. The van der Waals surface area contributed by atoms with Gasteiger partial charge in [-0.05, 0) is 44.4 Å². The van der Waals surface area contributed by atoms with E-state index in [0.717, 1.165) is 4.90 Å². The van der Waals surface area contributed by atoms with E-state index in [2.05, 4.69) is 5.32 Å². The zero-order chi connectivity index (χ0) is 21.1. The van der Waals surface area contributed by atoms with Gasteiger partial charge >= 0.3 is 5.97 Å². The smallest absolute Gasteiger partial charge is 0.329 e. The van der Waals surface area contributed by atoms with Crippen LogP contribution < -0.4 is 5.32 Å². The van der Waals surface area contributed by atoms with E-state index in [4.69, 9.17) is 4.74 Å². The summed E-state index contributed by atoms with van der Waals surface area (Å²) in [4.78, 5) is 50.7. The number of nitrogens with zero attached hydrogens (tertiary/aromatic N) is 1. The molecule has 7 nitrogen and oxygen atoms in total. The summed E-state index contributed by atoms with van der Waals surface area (Å²) >= 11 is 0. The number of hydrogen-bond acceptors (Lipinski definition) is 5. The molecule has 4 atom stereocenters. The number of likely N-dealkylation sites (tertiary alicyclic amines) is 1. The summed E-state index contributed by atoms with van der Waals surface area (Å²) in [6, 6.07) is 4.53. The van der Waals surface area contributed by atoms with Crippen molar-refractivity contribution in [1.29, 1.82) is 0 Å². The van der Waals surface area contributed by atoms with Crippen LogP contribution in [-0.2, 0) is 30.5 Å². The Kier molecular flexibility index (Phi) is 6.10. The van der Waals surface area contributed by atoms with Gasteiger partial charge in [0.15, 0.2) is 6.10 Å². The van der Waals surface area contributed by atoms with Crippen LogP contribution in [0.3, 0.4) is 0 Å². The Morgan fingerprint density at radius 1 is 1.10 bits per heavy atom. The van der Waals surface area contributed by atoms with Gasteiger partial charge in [-0.2, -0.15) is 0 Å². The van der Waals surface area contributed by atoms with Crippen LogP contribution in [0.1, 0.15) is 32.3 Å². The van der Waals surface area contributed by atoms with E-state index in [-0.39, 0.29) is 24.2 Å². The van der Waals surface area contributed by atoms with Crippen LogP contribution in [0, 0.1) is 17.7 Å². The van der Waals surface area contributed by atoms with Gasteiger partial charge in [0.25, 0.3) is 5.91 Å². The SMILES string of the molecule is C[C@@H](OC(=O)[C@H](C)N1C(=O)[C@H]2CC=CC[C@@H]2C1=O)C(=O)NCc1ccc(F)cc1. The summed E-state index contributed by atoms with van der Waals surface area (Å²) in [6.07, 6.45) is 3.59. The predicted octanol–water partition coefficient (Wildman–Crippen LogP) is 1.71. The van der Waals surface area contributed by atoms with Gasteiger partial charge < -0.3 is 10.1 Å². The Balaban J connectivity index is 1.54. The van der Waals surface area contributed by atoms with Crippen LogP contribution in [0.2, 0.25) is 0 Å². The second-order valence-corrected chi connectivity index (χ2v) is 7.30. The fourth-order valence-electron chi connectivity index (χ4n) is 3.57. The number of ether oxygens (including phenoxy) is 1. The van der Waals surface area contributed by atoms with Crippen molar-refractivity contribution in [3.05, 3.63) is 47.8 Å². The van der Waals surface area contributed by atoms with Gasteiger partial charge in [-0.25, -0.2) is 9.18 Å². The monoisotopic (exact) mass is 402 g/mol. The van der Waals surface area contributed by atoms with Crippen molar-refractivity contribution in [1.82, 2.24) is 10.2 Å². The highest BCUT2D eigenvalue weighted by atomic mass is 19.1. The van der Waals surface area contributed by atoms with Crippen LogP contribution in [0.5, 0.6) is 0 Å². The van der Waals surface area contributed by atoms with Gasteiger partial charge in [-0.1, -0.05) is 24.3 Å². The lowest BCUT2D eigenvalue weighted by molar-refractivity contribution is -0.164. The highest BCUT2D eigenvalue weighted by Gasteiger charge is 2.50. The minimum atomic E-state index is -1.11. The van der Waals surface area contributed by atoms with Crippen LogP contribution in [0.4, 0.5) is 4.39 Å². The second-order valence-electron chi connectivity index (χ2n) is 7.30. The van der Waals surface area contributed by atoms with Gasteiger partial charge in [0, 0.05) is 6.54 Å². The molecule has 3 rings (SSSR count). The first-order chi connectivity index (χ1) is 13.8. The Hall–Kier alpha value is -3.03. The highest BCUT2D eigenvalue weighted by Crippen LogP contribution is 2.36. The van der Waals surface area contributed by atoms with Crippen molar-refractivity contribution in [2.45, 2.75) is 45.4 Å². The van der Waals surface area contributed by atoms with E-state index in [1.807, 2.05) is 12.2 Å². The fourth-order valence-corrected chi connectivity index (χ4v) is 3.57. The number of esters is 1. The standard InChI is InChI=1S/C21H23FN2O5/c1-12(24-19(26)16-5-3-4-6-17(16)20(24)27)21(28)29-13(2)18(25)23-11-14-7-9-15(22)10-8-14/h3-4,7-10,12-13,16-17H,5-6,11H2,1-2H3,(H,23,25)/t12-,13+,16-,17-/m0/s1. The maximum atomic E-state index is 12.9. The molecule has 1 aromatic carbocycles. The van der Waals surface area contributed by atoms with Crippen molar-refractivity contribution in [3.63, 3.8) is 0 Å². The zero-order valence-electron chi connectivity index (χ0n) is 16.3. The van der Waals surface area contributed by atoms with E-state index in [1.165, 1.54) is 38.1 Å². The molecule has 29 heavy (non-hydrogen) atoms. The van der Waals surface area contributed by atoms with Crippen LogP contribution in [-0.4, -0.2) is 40.7 Å². The average molecular weight is 402 g/mol. The first kappa shape index (κ1) is 20.7. The molecule has 1 fully saturated rings. The lowest BCUT2D eigenvalue weighted by Crippen LogP contribution is -2.46. The predicted molar refractivity (Wildman–Crippen MR) is 100 cm³/mol. The number of carbonyl (C=O) groups excluding carboxylic acids is 4. The van der Waals surface area contributed by atoms with E-state index < -0.39 is 35.9 Å². The van der Waals surface area contributed by atoms with Crippen molar-refractivity contribution < 1.29 is 28.3 Å². The molecule has 8 heteroatoms. The first-order valence-electron chi connectivity index (χ1n) is 9.54. The van der Waals surface area contributed by atoms with Crippen molar-refractivity contribution in [3.8, 4) is 0 Å². The molecule has 1 aromatic rings. The third-order valence-electron chi connectivity index (χ3n) is 5.31. The van der Waals surface area contributed by atoms with E-state index in [1.54, 1.807) is 0 Å². The zero-order valence-corrected chi connectivity index (χ0v) is 16.3. The average Bonchev–Trinajstić information content (AvgIpc) is 2.97. The highest BCUT2D eigenvalue weighted by molar-refractivity contribution is 6.08. The summed E-state index contributed by atoms with van der Waals surface area (Å²) in [5.41, 5.74) is 0.691. The second kappa shape index (κ2) is 8.55. The van der Waals surface area contributed by atoms with E-state index >= 15 is 0 Å². The van der Waals surface area contributed by atoms with Gasteiger partial charge in [0.2, 0.25) is 11.8 Å². The summed E-state index contributed by atoms with van der Waals surface area (Å²) in [5.74, 6) is -3.34. The molecule has 154 valence electrons. The van der Waals surface area contributed by atoms with Crippen molar-refractivity contribution in [2.24, 2.45) is 11.8 Å². The summed E-state index contributed by atoms with van der Waals surface area (Å²) in [6.45, 7) is 2.98. The number of imide groups is 1. The number of allylic oxidation sites excluding steroid dienone is 2. The summed E-state index contributed by atoms with van der Waals surface area (Å²) < 4.78 is 18.1. The third kappa shape index (κ3) is 4.36. The molecule has 0 aromatic heterocycles. The van der Waals surface area contributed by atoms with E-state index in [9.17, 15) is 23.6 Å². The number of hydrogen-bond donors (Lipinski definition) is 1. The molecule has 1 aliphatic heterocycles. The lowest BCUT2D eigenvalue weighted by Gasteiger charge is -2.23. The maximum absolute atomic E-state index is 12.9. The molecule has 1 heterocycles. The normalized spacial score (nSPS) is 22.8. The number of benzene rings is 1. The minimum Gasteiger partial charge on any atom is -0.451 e. The molecule has 1 aliphatic carbocycles. The molecule has 0 radical (unpaired) electrons. The maximum Gasteiger partial charge on any atom is 0.329 e. The molecule has 3 amide bonds. The quantitative estimate of drug-likeness (QED) is 0.444. The van der Waals surface area contributed by atoms with Crippen molar-refractivity contribution in [2.75, 3.05) is 0 Å². The van der Waals surface area contributed by atoms with Crippen LogP contribution >= 0.6 is 0 Å². The molecule has 0 saturated carbocycles. The number of rotatable bonds is 6. The summed E-state index contributed by atoms with van der Waals surface area (Å²) in [7, 11) is 0. The molecule has 1 N–H and O–H groups in total. The molecule has 0 spiro atoms. The largest absolute Gasteiger partial charge is 0.451 e. The molecule has 1 saturated heterocycles. The van der Waals surface area contributed by atoms with E-state index in [0.29, 0.717) is 18.4 Å². The van der Waals surface area contributed by atoms with Gasteiger partial charge in [-0.3, -0.25) is 19.3 Å². The Morgan fingerprint density at radius 3 is 2.21 bits per heavy atom. The van der Waals surface area contributed by atoms with Gasteiger partial charge in [0.1, 0.15) is 11.9 Å². The molecular formula is C21H23FN2O5. The topological polar surface area (TPSA) is 92.8 Å². The number of nitrogens with one attached hydrogen (secondary N) is 1. The van der Waals surface area contributed by atoms with Gasteiger partial charge in [0.05, 0.1) is 11.8 Å². The molecule has 0 bridgehead atoms. The molecular weight excluding hydrogens is 379 g/mol. The van der Waals surface area contributed by atoms with Gasteiger partial charge in [-0.15, -0.1) is 0 Å². The number of halogens is 1. The Morgan fingerprint density at radius 2 is 1.66 bits per heavy atom. The van der Waals surface area contributed by atoms with Crippen LogP contribution in [0.25, 0.3) is 0 Å². The number of carbonyl (C=O) groups is 4. The first-order valence-corrected chi connectivity index (χ1v) is 9.54. The lowest BCUT2D eigenvalue weighted by atomic mass is 9.85. The summed E-state index contributed by atoms with van der Waals surface area (Å²) in [5, 5.41) is 2.60. The van der Waals surface area contributed by atoms with Crippen LogP contribution in [0.15, 0.2) is 36.4 Å². The third-order valence-corrected chi connectivity index (χ3v) is 5.31. The molecule has 0 unspecified atom stereocenters. The number of amides is 3. The Bertz CT molecular complexity index is 825. The Labute approximate surface area is 167 Å². The number of fused-ring (bicyclic) bond motifs is 1.